The Morgan fingerprint density at radius 3 is 2.75 bits per heavy atom. The van der Waals surface area contributed by atoms with Gasteiger partial charge in [0.1, 0.15) is 5.70 Å². The van der Waals surface area contributed by atoms with Crippen LogP contribution in [-0.2, 0) is 4.79 Å². The van der Waals surface area contributed by atoms with Gasteiger partial charge in [-0.05, 0) is 13.3 Å². The summed E-state index contributed by atoms with van der Waals surface area (Å²) in [5, 5.41) is 18.7. The molecule has 2 aliphatic rings. The minimum Gasteiger partial charge on any atom is -0.477 e. The zero-order valence-electron chi connectivity index (χ0n) is 9.01. The second-order valence-electron chi connectivity index (χ2n) is 3.91. The van der Waals surface area contributed by atoms with E-state index in [4.69, 9.17) is 17.3 Å². The summed E-state index contributed by atoms with van der Waals surface area (Å²) in [6, 6.07) is 0. The van der Waals surface area contributed by atoms with Crippen LogP contribution in [-0.4, -0.2) is 37.5 Å². The molecule has 0 aliphatic carbocycles. The van der Waals surface area contributed by atoms with E-state index in [1.807, 2.05) is 6.92 Å². The van der Waals surface area contributed by atoms with Crippen LogP contribution in [0.3, 0.4) is 0 Å². The number of aliphatic carboxylic acids is 1. The van der Waals surface area contributed by atoms with Gasteiger partial charge >= 0.3 is 5.97 Å². The molecule has 0 bridgehead atoms. The molecule has 88 valence electrons. The first-order chi connectivity index (χ1) is 7.49. The summed E-state index contributed by atoms with van der Waals surface area (Å²) in [6.45, 7) is 3.62. The summed E-state index contributed by atoms with van der Waals surface area (Å²) < 4.78 is 0. The minimum atomic E-state index is -0.932. The number of nitrogens with zero attached hydrogens (tertiary/aromatic N) is 1. The smallest absolute Gasteiger partial charge is 0.353 e. The van der Waals surface area contributed by atoms with Crippen molar-refractivity contribution in [1.29, 1.82) is 0 Å². The number of hydrogen-bond acceptors (Lipinski definition) is 4. The quantitative estimate of drug-likeness (QED) is 0.747. The van der Waals surface area contributed by atoms with Gasteiger partial charge in [0.25, 0.3) is 0 Å². The Balaban J connectivity index is 2.29. The van der Waals surface area contributed by atoms with E-state index in [2.05, 4.69) is 0 Å². The van der Waals surface area contributed by atoms with Crippen molar-refractivity contribution in [1.82, 2.24) is 4.90 Å². The van der Waals surface area contributed by atoms with Gasteiger partial charge in [0.2, 0.25) is 0 Å². The molecule has 6 heteroatoms. The molecule has 2 rings (SSSR count). The molecular formula is C10H13NO3S2. The SMILES string of the molecule is CCC1=C(C(=O)O)N2C(=S)[C@@H](C(C)O)[C@H]2S1. The lowest BCUT2D eigenvalue weighted by Gasteiger charge is -2.46. The number of allylic oxidation sites excluding steroid dienone is 1. The molecule has 3 atom stereocenters. The lowest BCUT2D eigenvalue weighted by atomic mass is 9.93. The molecule has 2 aliphatic heterocycles. The first-order valence-electron chi connectivity index (χ1n) is 5.13. The second kappa shape index (κ2) is 4.01. The van der Waals surface area contributed by atoms with E-state index >= 15 is 0 Å². The van der Waals surface area contributed by atoms with Gasteiger partial charge in [-0.15, -0.1) is 11.8 Å². The number of rotatable bonds is 3. The Bertz CT molecular complexity index is 392. The maximum atomic E-state index is 11.1. The average Bonchev–Trinajstić information content (AvgIpc) is 2.51. The fourth-order valence-electron chi connectivity index (χ4n) is 2.10. The molecule has 2 heterocycles. The first kappa shape index (κ1) is 11.9. The predicted molar refractivity (Wildman–Crippen MR) is 65.9 cm³/mol. The third kappa shape index (κ3) is 1.48. The number of carboxylic acid groups (broad SMARTS) is 1. The van der Waals surface area contributed by atoms with Crippen LogP contribution in [0.2, 0.25) is 0 Å². The molecule has 0 aromatic carbocycles. The van der Waals surface area contributed by atoms with Crippen LogP contribution in [0.25, 0.3) is 0 Å². The fourth-order valence-corrected chi connectivity index (χ4v) is 4.37. The topological polar surface area (TPSA) is 60.8 Å². The number of hydrogen-bond donors (Lipinski definition) is 2. The van der Waals surface area contributed by atoms with Gasteiger partial charge in [-0.2, -0.15) is 0 Å². The first-order valence-corrected chi connectivity index (χ1v) is 6.42. The number of thiocarbonyl (C=S) groups is 1. The molecule has 2 N–H and O–H groups in total. The molecule has 1 fully saturated rings. The Kier molecular flexibility index (Phi) is 2.98. The highest BCUT2D eigenvalue weighted by molar-refractivity contribution is 8.04. The zero-order valence-corrected chi connectivity index (χ0v) is 10.6. The van der Waals surface area contributed by atoms with Gasteiger partial charge in [-0.1, -0.05) is 19.1 Å². The zero-order chi connectivity index (χ0) is 12.0. The molecule has 4 nitrogen and oxygen atoms in total. The van der Waals surface area contributed by atoms with Crippen LogP contribution in [0, 0.1) is 5.92 Å². The second-order valence-corrected chi connectivity index (χ2v) is 5.54. The van der Waals surface area contributed by atoms with Crippen LogP contribution >= 0.6 is 24.0 Å². The summed E-state index contributed by atoms with van der Waals surface area (Å²) in [4.78, 5) is 14.2. The Labute approximate surface area is 103 Å². The van der Waals surface area contributed by atoms with Gasteiger partial charge in [0.05, 0.1) is 22.4 Å². The van der Waals surface area contributed by atoms with Crippen molar-refractivity contribution in [2.75, 3.05) is 0 Å². The van der Waals surface area contributed by atoms with Gasteiger partial charge < -0.3 is 15.1 Å². The van der Waals surface area contributed by atoms with Crippen molar-refractivity contribution >= 4 is 34.9 Å². The van der Waals surface area contributed by atoms with Crippen molar-refractivity contribution in [2.45, 2.75) is 31.7 Å². The number of carbonyl (C=O) groups is 1. The average molecular weight is 259 g/mol. The summed E-state index contributed by atoms with van der Waals surface area (Å²) in [7, 11) is 0. The van der Waals surface area contributed by atoms with Crippen molar-refractivity contribution in [3.8, 4) is 0 Å². The monoisotopic (exact) mass is 259 g/mol. The van der Waals surface area contributed by atoms with E-state index in [1.165, 1.54) is 11.8 Å². The van der Waals surface area contributed by atoms with E-state index < -0.39 is 12.1 Å². The summed E-state index contributed by atoms with van der Waals surface area (Å²) in [5.41, 5.74) is 0.305. The number of carboxylic acids is 1. The molecule has 0 amide bonds. The molecule has 1 saturated heterocycles. The maximum Gasteiger partial charge on any atom is 0.353 e. The number of aliphatic hydroxyl groups excluding tert-OH is 1. The van der Waals surface area contributed by atoms with Gasteiger partial charge in [0, 0.05) is 4.91 Å². The van der Waals surface area contributed by atoms with Crippen LogP contribution in [0.1, 0.15) is 20.3 Å². The third-order valence-electron chi connectivity index (χ3n) is 2.90. The Morgan fingerprint density at radius 2 is 2.31 bits per heavy atom. The molecule has 1 unspecified atom stereocenters. The molecule has 0 saturated carbocycles. The molecule has 0 aromatic heterocycles. The molecule has 0 radical (unpaired) electrons. The standard InChI is InChI=1S/C10H13NO3S2/c1-3-5-7(10(13)14)11-8(15)6(4(2)12)9(11)16-5/h4,6,9,12H,3H2,1-2H3,(H,13,14)/t4?,6-,9-/m1/s1. The van der Waals surface area contributed by atoms with Crippen LogP contribution in [0.5, 0.6) is 0 Å². The lowest BCUT2D eigenvalue weighted by Crippen LogP contribution is -2.59. The minimum absolute atomic E-state index is 0.0199. The molecule has 0 spiro atoms. The summed E-state index contributed by atoms with van der Waals surface area (Å²) >= 11 is 6.69. The van der Waals surface area contributed by atoms with Crippen molar-refractivity contribution in [3.05, 3.63) is 10.6 Å². The van der Waals surface area contributed by atoms with Crippen molar-refractivity contribution < 1.29 is 15.0 Å². The van der Waals surface area contributed by atoms with Crippen LogP contribution in [0.4, 0.5) is 0 Å². The Morgan fingerprint density at radius 1 is 1.69 bits per heavy atom. The predicted octanol–water partition coefficient (Wildman–Crippen LogP) is 1.41. The summed E-state index contributed by atoms with van der Waals surface area (Å²) in [5.74, 6) is -1.03. The van der Waals surface area contributed by atoms with E-state index in [0.717, 1.165) is 4.91 Å². The van der Waals surface area contributed by atoms with Gasteiger partial charge in [-0.3, -0.25) is 0 Å². The van der Waals surface area contributed by atoms with Crippen molar-refractivity contribution in [2.24, 2.45) is 5.92 Å². The third-order valence-corrected chi connectivity index (χ3v) is 4.88. The number of thioether (sulfide) groups is 1. The normalized spacial score (nSPS) is 30.2. The largest absolute Gasteiger partial charge is 0.477 e. The highest BCUT2D eigenvalue weighted by atomic mass is 32.2. The Hall–Kier alpha value is -0.590. The van der Waals surface area contributed by atoms with E-state index in [-0.39, 0.29) is 11.3 Å². The van der Waals surface area contributed by atoms with Gasteiger partial charge in [0.15, 0.2) is 0 Å². The van der Waals surface area contributed by atoms with E-state index in [0.29, 0.717) is 17.1 Å². The highest BCUT2D eigenvalue weighted by Crippen LogP contribution is 2.51. The summed E-state index contributed by atoms with van der Waals surface area (Å²) in [6.07, 6.45) is 0.168. The van der Waals surface area contributed by atoms with Gasteiger partial charge in [-0.25, -0.2) is 4.79 Å². The van der Waals surface area contributed by atoms with E-state index in [9.17, 15) is 9.90 Å². The molecule has 16 heavy (non-hydrogen) atoms. The van der Waals surface area contributed by atoms with Crippen molar-refractivity contribution in [3.63, 3.8) is 0 Å². The number of fused-ring (bicyclic) bond motifs is 1. The fraction of sp³-hybridized carbons (Fsp3) is 0.600. The lowest BCUT2D eigenvalue weighted by molar-refractivity contribution is -0.134. The molecular weight excluding hydrogens is 246 g/mol. The van der Waals surface area contributed by atoms with Crippen LogP contribution in [0.15, 0.2) is 10.6 Å². The number of aliphatic hydroxyl groups is 1. The highest BCUT2D eigenvalue weighted by Gasteiger charge is 2.54. The van der Waals surface area contributed by atoms with E-state index in [1.54, 1.807) is 11.8 Å². The molecule has 0 aromatic rings. The van der Waals surface area contributed by atoms with Crippen LogP contribution < -0.4 is 0 Å². The maximum absolute atomic E-state index is 11.1.